The Balaban J connectivity index is 2.33. The average molecular weight is 236 g/mol. The fourth-order valence-electron chi connectivity index (χ4n) is 3.09. The summed E-state index contributed by atoms with van der Waals surface area (Å²) in [4.78, 5) is 0. The van der Waals surface area contributed by atoms with Crippen LogP contribution < -0.4 is 0 Å². The maximum Gasteiger partial charge on any atom is 0.317 e. The van der Waals surface area contributed by atoms with Crippen molar-refractivity contribution in [2.24, 2.45) is 16.7 Å². The van der Waals surface area contributed by atoms with Crippen molar-refractivity contribution in [1.82, 2.24) is 0 Å². The monoisotopic (exact) mass is 236 g/mol. The molecule has 0 heterocycles. The van der Waals surface area contributed by atoms with E-state index in [9.17, 15) is 4.11 Å². The number of hydrogen-bond donors (Lipinski definition) is 0. The zero-order chi connectivity index (χ0) is 12.2. The smallest absolute Gasteiger partial charge is 0.298 e. The molecule has 2 aliphatic rings. The molecule has 0 nitrogen and oxygen atoms in total. The number of rotatable bonds is 0. The van der Waals surface area contributed by atoms with E-state index >= 15 is 0 Å². The molecule has 1 saturated carbocycles. The Morgan fingerprint density at radius 1 is 1.38 bits per heavy atom. The Bertz CT molecular complexity index is 403. The maximum atomic E-state index is 13.5. The number of fused-ring (bicyclic) bond motifs is 2. The highest BCUT2D eigenvalue weighted by atomic mass is 28.4. The van der Waals surface area contributed by atoms with E-state index < -0.39 is 8.41 Å². The largest absolute Gasteiger partial charge is 0.317 e. The molecule has 0 aromatic heterocycles. The van der Waals surface area contributed by atoms with Gasteiger partial charge in [0.15, 0.2) is 0 Å². The van der Waals surface area contributed by atoms with Gasteiger partial charge in [-0.25, -0.2) is 0 Å². The molecule has 0 unspecified atom stereocenters. The van der Waals surface area contributed by atoms with Gasteiger partial charge >= 0.3 is 8.41 Å². The Morgan fingerprint density at radius 2 is 2.00 bits per heavy atom. The van der Waals surface area contributed by atoms with E-state index in [2.05, 4.69) is 38.3 Å². The van der Waals surface area contributed by atoms with Crippen LogP contribution >= 0.6 is 0 Å². The van der Waals surface area contributed by atoms with Crippen LogP contribution in [0.15, 0.2) is 11.6 Å². The van der Waals surface area contributed by atoms with Crippen molar-refractivity contribution >= 4 is 8.41 Å². The SMILES string of the molecule is CC1(C)[C@H]2C=C(C#C[Si](C)(C)F)[C@]1(C)CC2. The number of allylic oxidation sites excluding steroid dienone is 2. The van der Waals surface area contributed by atoms with E-state index in [1.165, 1.54) is 18.4 Å². The van der Waals surface area contributed by atoms with Gasteiger partial charge in [0.2, 0.25) is 0 Å². The van der Waals surface area contributed by atoms with Crippen molar-refractivity contribution in [3.63, 3.8) is 0 Å². The van der Waals surface area contributed by atoms with Crippen LogP contribution in [0.2, 0.25) is 13.1 Å². The third-order valence-corrected chi connectivity index (χ3v) is 5.48. The molecule has 2 atom stereocenters. The zero-order valence-corrected chi connectivity index (χ0v) is 11.9. The Morgan fingerprint density at radius 3 is 2.38 bits per heavy atom. The van der Waals surface area contributed by atoms with Crippen molar-refractivity contribution in [2.45, 2.75) is 46.7 Å². The molecule has 0 aromatic carbocycles. The van der Waals surface area contributed by atoms with Crippen LogP contribution in [-0.4, -0.2) is 8.41 Å². The van der Waals surface area contributed by atoms with Crippen LogP contribution in [0.4, 0.5) is 4.11 Å². The van der Waals surface area contributed by atoms with E-state index in [1.807, 2.05) is 0 Å². The van der Waals surface area contributed by atoms with E-state index in [0.717, 1.165) is 0 Å². The second-order valence-electron chi connectivity index (χ2n) is 6.50. The molecule has 2 aliphatic carbocycles. The van der Waals surface area contributed by atoms with E-state index in [0.29, 0.717) is 11.3 Å². The van der Waals surface area contributed by atoms with Crippen molar-refractivity contribution in [3.8, 4) is 11.5 Å². The molecule has 2 bridgehead atoms. The number of halogens is 1. The minimum atomic E-state index is -2.73. The number of hydrogen-bond acceptors (Lipinski definition) is 0. The van der Waals surface area contributed by atoms with E-state index in [4.69, 9.17) is 0 Å². The predicted octanol–water partition coefficient (Wildman–Crippen LogP) is 4.09. The standard InChI is InChI=1S/C14H21FSi/c1-13(2)11-6-8-14(13,3)12(10-11)7-9-16(4,5)15/h10-11H,6,8H2,1-5H3/t11-,14+/m1/s1. The first kappa shape index (κ1) is 11.9. The third kappa shape index (κ3) is 1.57. The molecule has 1 fully saturated rings. The van der Waals surface area contributed by atoms with Gasteiger partial charge in [-0.1, -0.05) is 38.3 Å². The quantitative estimate of drug-likeness (QED) is 0.338. The van der Waals surface area contributed by atoms with Crippen molar-refractivity contribution in [2.75, 3.05) is 0 Å². The molecular weight excluding hydrogens is 215 g/mol. The van der Waals surface area contributed by atoms with Gasteiger partial charge in [0.05, 0.1) is 0 Å². The summed E-state index contributed by atoms with van der Waals surface area (Å²) >= 11 is 0. The Kier molecular flexibility index (Phi) is 2.40. The van der Waals surface area contributed by atoms with Gasteiger partial charge in [0.1, 0.15) is 0 Å². The van der Waals surface area contributed by atoms with Crippen LogP contribution in [0, 0.1) is 28.2 Å². The summed E-state index contributed by atoms with van der Waals surface area (Å²) in [5, 5.41) is 0. The van der Waals surface area contributed by atoms with E-state index in [1.54, 1.807) is 13.1 Å². The summed E-state index contributed by atoms with van der Waals surface area (Å²) in [6.07, 6.45) is 4.78. The minimum absolute atomic E-state index is 0.185. The Hall–Kier alpha value is -0.553. The molecule has 0 radical (unpaired) electrons. The molecule has 0 saturated heterocycles. The molecule has 0 N–H and O–H groups in total. The van der Waals surface area contributed by atoms with Gasteiger partial charge in [0, 0.05) is 11.0 Å². The molecule has 2 heteroatoms. The van der Waals surface area contributed by atoms with Crippen LogP contribution in [-0.2, 0) is 0 Å². The van der Waals surface area contributed by atoms with Gasteiger partial charge in [0.25, 0.3) is 0 Å². The molecule has 0 spiro atoms. The van der Waals surface area contributed by atoms with Gasteiger partial charge in [-0.15, -0.1) is 0 Å². The predicted molar refractivity (Wildman–Crippen MR) is 69.1 cm³/mol. The van der Waals surface area contributed by atoms with Gasteiger partial charge in [-0.05, 0) is 37.3 Å². The summed E-state index contributed by atoms with van der Waals surface area (Å²) in [6, 6.07) is 0. The first-order valence-corrected chi connectivity index (χ1v) is 8.99. The van der Waals surface area contributed by atoms with E-state index in [-0.39, 0.29) is 5.41 Å². The molecule has 88 valence electrons. The fourth-order valence-corrected chi connectivity index (χ4v) is 3.52. The molecule has 0 aromatic rings. The lowest BCUT2D eigenvalue weighted by molar-refractivity contribution is 0.175. The zero-order valence-electron chi connectivity index (χ0n) is 10.9. The highest BCUT2D eigenvalue weighted by molar-refractivity contribution is 6.78. The molecule has 2 rings (SSSR count). The van der Waals surface area contributed by atoms with Crippen molar-refractivity contribution in [1.29, 1.82) is 0 Å². The van der Waals surface area contributed by atoms with Crippen LogP contribution in [0.25, 0.3) is 0 Å². The lowest BCUT2D eigenvalue weighted by atomic mass is 9.68. The summed E-state index contributed by atoms with van der Waals surface area (Å²) in [6.45, 7) is 10.3. The summed E-state index contributed by atoms with van der Waals surface area (Å²) in [7, 11) is -2.73. The topological polar surface area (TPSA) is 0 Å². The van der Waals surface area contributed by atoms with Crippen LogP contribution in [0.1, 0.15) is 33.6 Å². The fraction of sp³-hybridized carbons (Fsp3) is 0.714. The molecule has 0 amide bonds. The van der Waals surface area contributed by atoms with Gasteiger partial charge < -0.3 is 0 Å². The third-order valence-electron chi connectivity index (χ3n) is 4.76. The highest BCUT2D eigenvalue weighted by Crippen LogP contribution is 2.64. The first-order chi connectivity index (χ1) is 7.17. The molecule has 0 aliphatic heterocycles. The summed E-state index contributed by atoms with van der Waals surface area (Å²) in [5.41, 5.74) is 4.56. The van der Waals surface area contributed by atoms with Crippen molar-refractivity contribution < 1.29 is 4.11 Å². The summed E-state index contributed by atoms with van der Waals surface area (Å²) < 4.78 is 13.5. The molecule has 16 heavy (non-hydrogen) atoms. The minimum Gasteiger partial charge on any atom is -0.298 e. The highest BCUT2D eigenvalue weighted by Gasteiger charge is 2.56. The second-order valence-corrected chi connectivity index (χ2v) is 9.70. The maximum absolute atomic E-state index is 13.5. The van der Waals surface area contributed by atoms with Gasteiger partial charge in [-0.3, -0.25) is 4.11 Å². The van der Waals surface area contributed by atoms with Crippen LogP contribution in [0.5, 0.6) is 0 Å². The van der Waals surface area contributed by atoms with Crippen LogP contribution in [0.3, 0.4) is 0 Å². The summed E-state index contributed by atoms with van der Waals surface area (Å²) in [5.74, 6) is 3.79. The first-order valence-electron chi connectivity index (χ1n) is 6.11. The average Bonchev–Trinajstić information content (AvgIpc) is 2.45. The molecular formula is C14H21FSi. The van der Waals surface area contributed by atoms with Crippen molar-refractivity contribution in [3.05, 3.63) is 11.6 Å². The lowest BCUT2D eigenvalue weighted by Gasteiger charge is -2.36. The van der Waals surface area contributed by atoms with Gasteiger partial charge in [-0.2, -0.15) is 0 Å². The lowest BCUT2D eigenvalue weighted by Crippen LogP contribution is -2.30. The normalized spacial score (nSPS) is 35.6. The Labute approximate surface area is 99.5 Å². The second kappa shape index (κ2) is 3.23.